The fourth-order valence-corrected chi connectivity index (χ4v) is 3.67. The van der Waals surface area contributed by atoms with Gasteiger partial charge in [0.1, 0.15) is 0 Å². The lowest BCUT2D eigenvalue weighted by Gasteiger charge is -2.36. The van der Waals surface area contributed by atoms with Crippen LogP contribution in [0, 0.1) is 6.92 Å². The van der Waals surface area contributed by atoms with Crippen LogP contribution < -0.4 is 9.47 Å². The van der Waals surface area contributed by atoms with Crippen molar-refractivity contribution < 1.29 is 13.9 Å². The molecule has 0 aliphatic heterocycles. The lowest BCUT2D eigenvalue weighted by atomic mass is 10.00. The second kappa shape index (κ2) is 9.14. The third kappa shape index (κ3) is 5.49. The molecule has 0 N–H and O–H groups in total. The average Bonchev–Trinajstić information content (AvgIpc) is 2.66. The van der Waals surface area contributed by atoms with Gasteiger partial charge in [-0.15, -0.1) is 0 Å². The maximum atomic E-state index is 6.34. The van der Waals surface area contributed by atoms with E-state index in [1.165, 1.54) is 0 Å². The van der Waals surface area contributed by atoms with E-state index in [-0.39, 0.29) is 5.04 Å². The summed E-state index contributed by atoms with van der Waals surface area (Å²) < 4.78 is 17.5. The van der Waals surface area contributed by atoms with E-state index in [1.807, 2.05) is 38.2 Å². The standard InChI is InChI=1S/C24H35NO3Si/c1-10-27-23-14-19(11-12-22(23)26-7)21-13-20(15-25-18(21)3)17(2)16-28-29(8,9)24(4,5)6/h11-15H,2,10,16H2,1,3-9H3. The zero-order chi connectivity index (χ0) is 21.8. The number of methoxy groups -OCH3 is 1. The van der Waals surface area contributed by atoms with E-state index >= 15 is 0 Å². The summed E-state index contributed by atoms with van der Waals surface area (Å²) in [5.74, 6) is 1.46. The molecule has 0 bridgehead atoms. The van der Waals surface area contributed by atoms with Gasteiger partial charge >= 0.3 is 0 Å². The normalized spacial score (nSPS) is 12.0. The smallest absolute Gasteiger partial charge is 0.192 e. The minimum atomic E-state index is -1.83. The van der Waals surface area contributed by atoms with Gasteiger partial charge < -0.3 is 13.9 Å². The van der Waals surface area contributed by atoms with Gasteiger partial charge in [0.2, 0.25) is 0 Å². The van der Waals surface area contributed by atoms with Gasteiger partial charge in [0.05, 0.1) is 20.3 Å². The van der Waals surface area contributed by atoms with Gasteiger partial charge in [0, 0.05) is 17.5 Å². The molecule has 158 valence electrons. The Labute approximate surface area is 177 Å². The Kier molecular flexibility index (Phi) is 7.30. The van der Waals surface area contributed by atoms with Crippen LogP contribution in [0.5, 0.6) is 11.5 Å². The molecule has 0 aliphatic carbocycles. The summed E-state index contributed by atoms with van der Waals surface area (Å²) in [5, 5.41) is 0.169. The molecule has 1 heterocycles. The van der Waals surface area contributed by atoms with Gasteiger partial charge in [-0.05, 0) is 66.9 Å². The Bertz CT molecular complexity index is 869. The predicted octanol–water partition coefficient (Wildman–Crippen LogP) is 6.50. The zero-order valence-electron chi connectivity index (χ0n) is 19.2. The molecule has 4 nitrogen and oxygen atoms in total. The minimum Gasteiger partial charge on any atom is -0.493 e. The molecule has 2 rings (SSSR count). The molecule has 0 unspecified atom stereocenters. The lowest BCUT2D eigenvalue weighted by molar-refractivity contribution is 0.311. The van der Waals surface area contributed by atoms with Gasteiger partial charge in [0.15, 0.2) is 19.8 Å². The van der Waals surface area contributed by atoms with Crippen molar-refractivity contribution in [2.75, 3.05) is 20.3 Å². The van der Waals surface area contributed by atoms with Gasteiger partial charge in [-0.2, -0.15) is 0 Å². The van der Waals surface area contributed by atoms with Crippen LogP contribution in [0.1, 0.15) is 39.0 Å². The molecule has 0 spiro atoms. The highest BCUT2D eigenvalue weighted by molar-refractivity contribution is 6.74. The van der Waals surface area contributed by atoms with Crippen LogP contribution in [-0.4, -0.2) is 33.6 Å². The Morgan fingerprint density at radius 1 is 1.14 bits per heavy atom. The molecule has 5 heteroatoms. The summed E-state index contributed by atoms with van der Waals surface area (Å²) in [6.45, 7) is 20.6. The molecule has 29 heavy (non-hydrogen) atoms. The summed E-state index contributed by atoms with van der Waals surface area (Å²) >= 11 is 0. The van der Waals surface area contributed by atoms with E-state index in [0.717, 1.165) is 39.5 Å². The predicted molar refractivity (Wildman–Crippen MR) is 124 cm³/mol. The fourth-order valence-electron chi connectivity index (χ4n) is 2.70. The van der Waals surface area contributed by atoms with Crippen LogP contribution in [0.4, 0.5) is 0 Å². The third-order valence-corrected chi connectivity index (χ3v) is 10.2. The van der Waals surface area contributed by atoms with Crippen molar-refractivity contribution >= 4 is 13.9 Å². The third-order valence-electron chi connectivity index (χ3n) is 5.68. The summed E-state index contributed by atoms with van der Waals surface area (Å²) in [4.78, 5) is 4.61. The van der Waals surface area contributed by atoms with Crippen LogP contribution in [0.15, 0.2) is 37.0 Å². The molecule has 0 fully saturated rings. The maximum absolute atomic E-state index is 6.34. The Hall–Kier alpha value is -2.11. The van der Waals surface area contributed by atoms with Crippen molar-refractivity contribution in [1.82, 2.24) is 4.98 Å². The number of rotatable bonds is 8. The highest BCUT2D eigenvalue weighted by atomic mass is 28.4. The summed E-state index contributed by atoms with van der Waals surface area (Å²) in [7, 11) is -0.178. The first kappa shape index (κ1) is 23.2. The van der Waals surface area contributed by atoms with E-state index in [9.17, 15) is 0 Å². The molecule has 2 aromatic rings. The van der Waals surface area contributed by atoms with Crippen molar-refractivity contribution in [1.29, 1.82) is 0 Å². The number of hydrogen-bond acceptors (Lipinski definition) is 4. The van der Waals surface area contributed by atoms with Crippen LogP contribution in [0.3, 0.4) is 0 Å². The summed E-state index contributed by atoms with van der Waals surface area (Å²) in [5.41, 5.74) is 5.00. The molecule has 1 aromatic heterocycles. The Morgan fingerprint density at radius 3 is 2.41 bits per heavy atom. The van der Waals surface area contributed by atoms with Crippen molar-refractivity contribution in [2.45, 2.75) is 52.8 Å². The molecule has 1 aromatic carbocycles. The molecule has 0 atom stereocenters. The number of aryl methyl sites for hydroxylation is 1. The average molecular weight is 414 g/mol. The maximum Gasteiger partial charge on any atom is 0.192 e. The summed E-state index contributed by atoms with van der Waals surface area (Å²) in [6.07, 6.45) is 1.88. The van der Waals surface area contributed by atoms with Crippen molar-refractivity contribution in [2.24, 2.45) is 0 Å². The lowest BCUT2D eigenvalue weighted by Crippen LogP contribution is -2.41. The summed E-state index contributed by atoms with van der Waals surface area (Å²) in [6, 6.07) is 8.11. The second-order valence-electron chi connectivity index (χ2n) is 8.81. The Morgan fingerprint density at radius 2 is 1.83 bits per heavy atom. The van der Waals surface area contributed by atoms with E-state index in [0.29, 0.717) is 13.2 Å². The van der Waals surface area contributed by atoms with Crippen molar-refractivity contribution in [3.8, 4) is 22.6 Å². The van der Waals surface area contributed by atoms with Crippen molar-refractivity contribution in [3.63, 3.8) is 0 Å². The van der Waals surface area contributed by atoms with Gasteiger partial charge in [-0.1, -0.05) is 33.4 Å². The quantitative estimate of drug-likeness (QED) is 0.463. The van der Waals surface area contributed by atoms with Gasteiger partial charge in [-0.3, -0.25) is 4.98 Å². The number of aromatic nitrogens is 1. The monoisotopic (exact) mass is 413 g/mol. The first-order valence-corrected chi connectivity index (χ1v) is 13.0. The highest BCUT2D eigenvalue weighted by Gasteiger charge is 2.37. The van der Waals surface area contributed by atoms with E-state index in [1.54, 1.807) is 7.11 Å². The number of benzene rings is 1. The van der Waals surface area contributed by atoms with Gasteiger partial charge in [-0.25, -0.2) is 0 Å². The molecule has 0 aliphatic rings. The minimum absolute atomic E-state index is 0.169. The highest BCUT2D eigenvalue weighted by Crippen LogP contribution is 2.38. The number of pyridine rings is 1. The fraction of sp³-hybridized carbons (Fsp3) is 0.458. The topological polar surface area (TPSA) is 40.6 Å². The molecular weight excluding hydrogens is 378 g/mol. The number of nitrogens with zero attached hydrogens (tertiary/aromatic N) is 1. The van der Waals surface area contributed by atoms with Crippen molar-refractivity contribution in [3.05, 3.63) is 48.3 Å². The number of ether oxygens (including phenoxy) is 2. The first-order valence-electron chi connectivity index (χ1n) is 10.1. The molecule has 0 saturated heterocycles. The molecule has 0 radical (unpaired) electrons. The second-order valence-corrected chi connectivity index (χ2v) is 13.6. The Balaban J connectivity index is 2.30. The first-order chi connectivity index (χ1) is 13.5. The van der Waals surface area contributed by atoms with E-state index < -0.39 is 8.32 Å². The van der Waals surface area contributed by atoms with E-state index in [4.69, 9.17) is 13.9 Å². The largest absolute Gasteiger partial charge is 0.493 e. The van der Waals surface area contributed by atoms with Crippen LogP contribution in [0.25, 0.3) is 16.7 Å². The number of hydrogen-bond donors (Lipinski definition) is 0. The van der Waals surface area contributed by atoms with Crippen LogP contribution in [0.2, 0.25) is 18.1 Å². The van der Waals surface area contributed by atoms with E-state index in [2.05, 4.69) is 51.5 Å². The molecule has 0 amide bonds. The zero-order valence-corrected chi connectivity index (χ0v) is 20.2. The molecular formula is C24H35NO3Si. The van der Waals surface area contributed by atoms with Crippen LogP contribution in [-0.2, 0) is 4.43 Å². The SMILES string of the molecule is C=C(CO[Si](C)(C)C(C)(C)C)c1cnc(C)c(-c2ccc(OC)c(OCC)c2)c1. The molecule has 0 saturated carbocycles. The van der Waals surface area contributed by atoms with Gasteiger partial charge in [0.25, 0.3) is 0 Å². The van der Waals surface area contributed by atoms with Crippen LogP contribution >= 0.6 is 0 Å².